The van der Waals surface area contributed by atoms with Gasteiger partial charge in [-0.25, -0.2) is 9.97 Å². The minimum absolute atomic E-state index is 0.697. The number of rotatable bonds is 5. The molecule has 0 aliphatic heterocycles. The summed E-state index contributed by atoms with van der Waals surface area (Å²) in [6.07, 6.45) is 1.82. The standard InChI is InChI=1S/C49H30N4/c1-2-10-35(11-3-1)49-51-42(32-21-19-31(20-22-32)41-17-6-7-29-50-41)30-43(52-49)33-23-25-36(26-24-33)53-44-18-5-4-14-39(44)48-45(53)28-27-38-37-15-8-12-34-13-9-16-40(46(34)37)47(38)48/h1-30H. The SMILES string of the molecule is c1ccc(-c2nc(-c3ccc(-c4ccccn4)cc3)cc(-c3ccc(-n4c5ccccc5c5c6c(ccc54)-c4cccc5cccc-6c45)cc3)n2)cc1. The summed E-state index contributed by atoms with van der Waals surface area (Å²) in [5, 5.41) is 5.19. The first-order chi connectivity index (χ1) is 26.3. The summed E-state index contributed by atoms with van der Waals surface area (Å²) in [7, 11) is 0. The second-order valence-electron chi connectivity index (χ2n) is 13.6. The summed E-state index contributed by atoms with van der Waals surface area (Å²) in [5.74, 6) is 0.697. The van der Waals surface area contributed by atoms with Gasteiger partial charge in [-0.2, -0.15) is 0 Å². The largest absolute Gasteiger partial charge is 0.309 e. The highest BCUT2D eigenvalue weighted by Crippen LogP contribution is 2.52. The van der Waals surface area contributed by atoms with Gasteiger partial charge in [-0.05, 0) is 69.9 Å². The Morgan fingerprint density at radius 2 is 1.06 bits per heavy atom. The van der Waals surface area contributed by atoms with Crippen LogP contribution in [0.25, 0.3) is 106 Å². The second-order valence-corrected chi connectivity index (χ2v) is 13.6. The Labute approximate surface area is 306 Å². The van der Waals surface area contributed by atoms with Crippen LogP contribution in [-0.4, -0.2) is 19.5 Å². The number of para-hydroxylation sites is 1. The second kappa shape index (κ2) is 11.7. The van der Waals surface area contributed by atoms with E-state index in [0.717, 1.165) is 45.0 Å². The summed E-state index contributed by atoms with van der Waals surface area (Å²) >= 11 is 0. The minimum Gasteiger partial charge on any atom is -0.309 e. The van der Waals surface area contributed by atoms with Gasteiger partial charge >= 0.3 is 0 Å². The summed E-state index contributed by atoms with van der Waals surface area (Å²) < 4.78 is 2.40. The lowest BCUT2D eigenvalue weighted by Crippen LogP contribution is -1.97. The third-order valence-electron chi connectivity index (χ3n) is 10.6. The van der Waals surface area contributed by atoms with Gasteiger partial charge in [-0.1, -0.05) is 133 Å². The third-order valence-corrected chi connectivity index (χ3v) is 10.6. The number of aromatic nitrogens is 4. The zero-order chi connectivity index (χ0) is 34.9. The van der Waals surface area contributed by atoms with E-state index in [1.807, 2.05) is 42.6 Å². The van der Waals surface area contributed by atoms with Crippen molar-refractivity contribution in [3.8, 4) is 73.1 Å². The van der Waals surface area contributed by atoms with E-state index in [1.54, 1.807) is 0 Å². The molecule has 4 nitrogen and oxygen atoms in total. The number of benzene rings is 7. The van der Waals surface area contributed by atoms with Crippen LogP contribution in [0.1, 0.15) is 0 Å². The van der Waals surface area contributed by atoms with Crippen LogP contribution in [-0.2, 0) is 0 Å². The van der Waals surface area contributed by atoms with E-state index < -0.39 is 0 Å². The lowest BCUT2D eigenvalue weighted by molar-refractivity contribution is 1.17. The van der Waals surface area contributed by atoms with Crippen molar-refractivity contribution >= 4 is 32.6 Å². The molecular formula is C49H30N4. The van der Waals surface area contributed by atoms with Crippen molar-refractivity contribution in [2.45, 2.75) is 0 Å². The zero-order valence-electron chi connectivity index (χ0n) is 28.6. The van der Waals surface area contributed by atoms with Gasteiger partial charge in [0.1, 0.15) is 0 Å². The van der Waals surface area contributed by atoms with Gasteiger partial charge in [0.05, 0.1) is 28.1 Å². The van der Waals surface area contributed by atoms with E-state index in [-0.39, 0.29) is 0 Å². The fourth-order valence-electron chi connectivity index (χ4n) is 8.20. The Bertz CT molecular complexity index is 3010. The topological polar surface area (TPSA) is 43.6 Å². The first kappa shape index (κ1) is 29.5. The van der Waals surface area contributed by atoms with Crippen LogP contribution in [0.4, 0.5) is 0 Å². The lowest BCUT2D eigenvalue weighted by atomic mass is 9.98. The van der Waals surface area contributed by atoms with E-state index in [9.17, 15) is 0 Å². The van der Waals surface area contributed by atoms with Crippen LogP contribution in [0.5, 0.6) is 0 Å². The lowest BCUT2D eigenvalue weighted by Gasteiger charge is -2.12. The van der Waals surface area contributed by atoms with Crippen LogP contribution in [0.3, 0.4) is 0 Å². The molecule has 11 rings (SSSR count). The Kier molecular flexibility index (Phi) is 6.52. The molecule has 1 aliphatic carbocycles. The van der Waals surface area contributed by atoms with Crippen LogP contribution < -0.4 is 0 Å². The quantitative estimate of drug-likeness (QED) is 0.182. The molecule has 53 heavy (non-hydrogen) atoms. The van der Waals surface area contributed by atoms with Gasteiger partial charge in [0.15, 0.2) is 5.82 Å². The third kappa shape index (κ3) is 4.66. The highest BCUT2D eigenvalue weighted by atomic mass is 15.0. The normalized spacial score (nSPS) is 11.8. The molecule has 0 bridgehead atoms. The van der Waals surface area contributed by atoms with Crippen molar-refractivity contribution in [3.05, 3.63) is 182 Å². The van der Waals surface area contributed by atoms with Crippen LogP contribution in [0, 0.1) is 0 Å². The number of fused-ring (bicyclic) bond motifs is 7. The highest BCUT2D eigenvalue weighted by Gasteiger charge is 2.26. The summed E-state index contributed by atoms with van der Waals surface area (Å²) in [6.45, 7) is 0. The van der Waals surface area contributed by atoms with Crippen molar-refractivity contribution in [2.24, 2.45) is 0 Å². The van der Waals surface area contributed by atoms with Gasteiger partial charge < -0.3 is 4.57 Å². The molecule has 246 valence electrons. The van der Waals surface area contributed by atoms with Crippen LogP contribution >= 0.6 is 0 Å². The molecule has 0 amide bonds. The molecule has 0 N–H and O–H groups in total. The monoisotopic (exact) mass is 674 g/mol. The molecule has 0 radical (unpaired) electrons. The van der Waals surface area contributed by atoms with E-state index in [1.165, 1.54) is 54.8 Å². The van der Waals surface area contributed by atoms with Crippen molar-refractivity contribution in [3.63, 3.8) is 0 Å². The summed E-state index contributed by atoms with van der Waals surface area (Å²) in [6, 6.07) is 62.3. The Balaban J connectivity index is 1.04. The van der Waals surface area contributed by atoms with Crippen molar-refractivity contribution in [2.75, 3.05) is 0 Å². The van der Waals surface area contributed by atoms with Gasteiger partial charge in [-0.3, -0.25) is 4.98 Å². The maximum absolute atomic E-state index is 5.11. The molecule has 7 aromatic carbocycles. The predicted molar refractivity (Wildman–Crippen MR) is 218 cm³/mol. The molecule has 0 spiro atoms. The van der Waals surface area contributed by atoms with Gasteiger partial charge in [0, 0.05) is 50.5 Å². The Morgan fingerprint density at radius 1 is 0.396 bits per heavy atom. The predicted octanol–water partition coefficient (Wildman–Crippen LogP) is 12.4. The first-order valence-electron chi connectivity index (χ1n) is 17.9. The molecule has 3 heterocycles. The van der Waals surface area contributed by atoms with E-state index in [0.29, 0.717) is 5.82 Å². The van der Waals surface area contributed by atoms with E-state index >= 15 is 0 Å². The van der Waals surface area contributed by atoms with Crippen LogP contribution in [0.15, 0.2) is 182 Å². The highest BCUT2D eigenvalue weighted by molar-refractivity contribution is 6.26. The molecule has 1 aliphatic rings. The molecule has 0 unspecified atom stereocenters. The summed E-state index contributed by atoms with van der Waals surface area (Å²) in [4.78, 5) is 14.7. The molecule has 3 aromatic heterocycles. The maximum atomic E-state index is 5.11. The molecule has 4 heteroatoms. The molecular weight excluding hydrogens is 645 g/mol. The number of pyridine rings is 1. The average molecular weight is 675 g/mol. The Morgan fingerprint density at radius 3 is 1.79 bits per heavy atom. The Hall–Kier alpha value is -7.17. The summed E-state index contributed by atoms with van der Waals surface area (Å²) in [5.41, 5.74) is 15.6. The van der Waals surface area contributed by atoms with Crippen molar-refractivity contribution in [1.82, 2.24) is 19.5 Å². The number of nitrogens with zero attached hydrogens (tertiary/aromatic N) is 4. The number of hydrogen-bond acceptors (Lipinski definition) is 3. The van der Waals surface area contributed by atoms with Gasteiger partial charge in [0.2, 0.25) is 0 Å². The molecule has 10 aromatic rings. The first-order valence-corrected chi connectivity index (χ1v) is 17.9. The maximum Gasteiger partial charge on any atom is 0.160 e. The molecule has 0 fully saturated rings. The zero-order valence-corrected chi connectivity index (χ0v) is 28.6. The van der Waals surface area contributed by atoms with Crippen molar-refractivity contribution < 1.29 is 0 Å². The average Bonchev–Trinajstić information content (AvgIpc) is 3.75. The van der Waals surface area contributed by atoms with E-state index in [2.05, 4.69) is 149 Å². The molecule has 0 atom stereocenters. The molecule has 0 saturated heterocycles. The molecule has 0 saturated carbocycles. The number of hydrogen-bond donors (Lipinski definition) is 0. The minimum atomic E-state index is 0.697. The smallest absolute Gasteiger partial charge is 0.160 e. The van der Waals surface area contributed by atoms with Gasteiger partial charge in [-0.15, -0.1) is 0 Å². The van der Waals surface area contributed by atoms with Crippen molar-refractivity contribution in [1.29, 1.82) is 0 Å². The fraction of sp³-hybridized carbons (Fsp3) is 0. The van der Waals surface area contributed by atoms with E-state index in [4.69, 9.17) is 9.97 Å². The fourth-order valence-corrected chi connectivity index (χ4v) is 8.20. The van der Waals surface area contributed by atoms with Crippen LogP contribution in [0.2, 0.25) is 0 Å². The van der Waals surface area contributed by atoms with Gasteiger partial charge in [0.25, 0.3) is 0 Å².